The van der Waals surface area contributed by atoms with Crippen molar-refractivity contribution in [2.45, 2.75) is 20.8 Å². The standard InChI is InChI=1S/C13H20N2O/c1-5-15(4)12-8-6-7-11(9-12)14-13(16)10(2)3/h6-10H,5H2,1-4H3,(H,14,16). The number of nitrogens with zero attached hydrogens (tertiary/aromatic N) is 1. The fourth-order valence-electron chi connectivity index (χ4n) is 1.29. The lowest BCUT2D eigenvalue weighted by atomic mass is 10.2. The van der Waals surface area contributed by atoms with Crippen LogP contribution < -0.4 is 10.2 Å². The first-order chi connectivity index (χ1) is 7.54. The van der Waals surface area contributed by atoms with Crippen molar-refractivity contribution in [3.05, 3.63) is 24.3 Å². The Morgan fingerprint density at radius 3 is 2.69 bits per heavy atom. The van der Waals surface area contributed by atoms with Crippen LogP contribution in [0.1, 0.15) is 20.8 Å². The fourth-order valence-corrected chi connectivity index (χ4v) is 1.29. The molecule has 0 unspecified atom stereocenters. The van der Waals surface area contributed by atoms with E-state index in [1.165, 1.54) is 0 Å². The number of amides is 1. The molecule has 3 heteroatoms. The van der Waals surface area contributed by atoms with Gasteiger partial charge in [0.2, 0.25) is 5.91 Å². The lowest BCUT2D eigenvalue weighted by Crippen LogP contribution is -2.19. The first-order valence-electron chi connectivity index (χ1n) is 5.66. The van der Waals surface area contributed by atoms with Crippen molar-refractivity contribution in [1.82, 2.24) is 0 Å². The number of carbonyl (C=O) groups is 1. The Morgan fingerprint density at radius 2 is 2.12 bits per heavy atom. The molecule has 0 aliphatic heterocycles. The van der Waals surface area contributed by atoms with E-state index in [4.69, 9.17) is 0 Å². The SMILES string of the molecule is CCN(C)c1cccc(NC(=O)C(C)C)c1. The van der Waals surface area contributed by atoms with Gasteiger partial charge in [0, 0.05) is 30.9 Å². The third kappa shape index (κ3) is 3.26. The number of benzene rings is 1. The molecule has 1 amide bonds. The Labute approximate surface area is 97.5 Å². The predicted molar refractivity (Wildman–Crippen MR) is 68.9 cm³/mol. The minimum absolute atomic E-state index is 0.00700. The predicted octanol–water partition coefficient (Wildman–Crippen LogP) is 2.74. The van der Waals surface area contributed by atoms with E-state index < -0.39 is 0 Å². The molecule has 1 aromatic rings. The summed E-state index contributed by atoms with van der Waals surface area (Å²) < 4.78 is 0. The summed E-state index contributed by atoms with van der Waals surface area (Å²) in [5.41, 5.74) is 1.97. The first kappa shape index (κ1) is 12.6. The summed E-state index contributed by atoms with van der Waals surface area (Å²) >= 11 is 0. The molecule has 0 saturated carbocycles. The molecule has 0 fully saturated rings. The molecule has 0 aromatic heterocycles. The van der Waals surface area contributed by atoms with Gasteiger partial charge < -0.3 is 10.2 Å². The van der Waals surface area contributed by atoms with E-state index in [0.717, 1.165) is 17.9 Å². The van der Waals surface area contributed by atoms with Gasteiger partial charge in [0.25, 0.3) is 0 Å². The summed E-state index contributed by atoms with van der Waals surface area (Å²) in [7, 11) is 2.03. The monoisotopic (exact) mass is 220 g/mol. The summed E-state index contributed by atoms with van der Waals surface area (Å²) in [6.45, 7) is 6.82. The number of hydrogen-bond acceptors (Lipinski definition) is 2. The average Bonchev–Trinajstić information content (AvgIpc) is 2.28. The molecular formula is C13H20N2O. The normalized spacial score (nSPS) is 10.3. The fraction of sp³-hybridized carbons (Fsp3) is 0.462. The van der Waals surface area contributed by atoms with E-state index in [1.807, 2.05) is 45.2 Å². The van der Waals surface area contributed by atoms with Crippen molar-refractivity contribution in [3.63, 3.8) is 0 Å². The molecule has 88 valence electrons. The van der Waals surface area contributed by atoms with Gasteiger partial charge in [-0.05, 0) is 25.1 Å². The summed E-state index contributed by atoms with van der Waals surface area (Å²) in [6.07, 6.45) is 0. The van der Waals surface area contributed by atoms with Crippen molar-refractivity contribution < 1.29 is 4.79 Å². The molecule has 0 aliphatic carbocycles. The molecule has 16 heavy (non-hydrogen) atoms. The molecule has 3 nitrogen and oxygen atoms in total. The van der Waals surface area contributed by atoms with Gasteiger partial charge in [-0.1, -0.05) is 19.9 Å². The van der Waals surface area contributed by atoms with Crippen LogP contribution in [0.4, 0.5) is 11.4 Å². The van der Waals surface area contributed by atoms with E-state index in [0.29, 0.717) is 0 Å². The smallest absolute Gasteiger partial charge is 0.226 e. The Hall–Kier alpha value is -1.51. The van der Waals surface area contributed by atoms with Gasteiger partial charge in [-0.15, -0.1) is 0 Å². The summed E-state index contributed by atoms with van der Waals surface area (Å²) in [4.78, 5) is 13.7. The molecule has 0 bridgehead atoms. The topological polar surface area (TPSA) is 32.3 Å². The second kappa shape index (κ2) is 5.54. The number of rotatable bonds is 4. The van der Waals surface area contributed by atoms with Crippen molar-refractivity contribution >= 4 is 17.3 Å². The Bertz CT molecular complexity index is 361. The van der Waals surface area contributed by atoms with Gasteiger partial charge in [0.15, 0.2) is 0 Å². The maximum atomic E-state index is 11.5. The lowest BCUT2D eigenvalue weighted by Gasteiger charge is -2.18. The zero-order valence-electron chi connectivity index (χ0n) is 10.4. The van der Waals surface area contributed by atoms with Gasteiger partial charge >= 0.3 is 0 Å². The van der Waals surface area contributed by atoms with Gasteiger partial charge in [-0.25, -0.2) is 0 Å². The molecule has 0 saturated heterocycles. The highest BCUT2D eigenvalue weighted by Gasteiger charge is 2.07. The van der Waals surface area contributed by atoms with Crippen LogP contribution in [0.15, 0.2) is 24.3 Å². The van der Waals surface area contributed by atoms with Crippen LogP contribution in [0.5, 0.6) is 0 Å². The van der Waals surface area contributed by atoms with E-state index in [9.17, 15) is 4.79 Å². The first-order valence-corrected chi connectivity index (χ1v) is 5.66. The van der Waals surface area contributed by atoms with Crippen LogP contribution in [0.3, 0.4) is 0 Å². The van der Waals surface area contributed by atoms with E-state index in [2.05, 4.69) is 17.1 Å². The van der Waals surface area contributed by atoms with Crippen molar-refractivity contribution in [1.29, 1.82) is 0 Å². The number of nitrogens with one attached hydrogen (secondary N) is 1. The minimum atomic E-state index is 0.00700. The van der Waals surface area contributed by atoms with Crippen LogP contribution >= 0.6 is 0 Å². The molecule has 0 spiro atoms. The third-order valence-electron chi connectivity index (χ3n) is 2.55. The molecule has 1 aromatic carbocycles. The van der Waals surface area contributed by atoms with Crippen molar-refractivity contribution in [2.24, 2.45) is 5.92 Å². The zero-order valence-corrected chi connectivity index (χ0v) is 10.4. The molecule has 1 rings (SSSR count). The van der Waals surface area contributed by atoms with E-state index in [1.54, 1.807) is 0 Å². The Kier molecular flexibility index (Phi) is 4.35. The minimum Gasteiger partial charge on any atom is -0.375 e. The van der Waals surface area contributed by atoms with Crippen LogP contribution in [-0.4, -0.2) is 19.5 Å². The third-order valence-corrected chi connectivity index (χ3v) is 2.55. The Morgan fingerprint density at radius 1 is 1.44 bits per heavy atom. The van der Waals surface area contributed by atoms with Gasteiger partial charge in [-0.2, -0.15) is 0 Å². The average molecular weight is 220 g/mol. The van der Waals surface area contributed by atoms with Crippen LogP contribution in [0.2, 0.25) is 0 Å². The summed E-state index contributed by atoms with van der Waals surface area (Å²) in [5.74, 6) is 0.0591. The van der Waals surface area contributed by atoms with E-state index in [-0.39, 0.29) is 11.8 Å². The molecule has 0 atom stereocenters. The van der Waals surface area contributed by atoms with Gasteiger partial charge in [-0.3, -0.25) is 4.79 Å². The molecule has 0 aliphatic rings. The highest BCUT2D eigenvalue weighted by molar-refractivity contribution is 5.92. The van der Waals surface area contributed by atoms with Gasteiger partial charge in [0.1, 0.15) is 0 Å². The van der Waals surface area contributed by atoms with Crippen LogP contribution in [0.25, 0.3) is 0 Å². The quantitative estimate of drug-likeness (QED) is 0.846. The summed E-state index contributed by atoms with van der Waals surface area (Å²) in [6, 6.07) is 7.89. The molecule has 1 N–H and O–H groups in total. The van der Waals surface area contributed by atoms with Crippen molar-refractivity contribution in [2.75, 3.05) is 23.8 Å². The number of carbonyl (C=O) groups excluding carboxylic acids is 1. The maximum Gasteiger partial charge on any atom is 0.226 e. The van der Waals surface area contributed by atoms with Crippen LogP contribution in [-0.2, 0) is 4.79 Å². The lowest BCUT2D eigenvalue weighted by molar-refractivity contribution is -0.118. The van der Waals surface area contributed by atoms with Gasteiger partial charge in [0.05, 0.1) is 0 Å². The molecule has 0 radical (unpaired) electrons. The number of hydrogen-bond donors (Lipinski definition) is 1. The molecule has 0 heterocycles. The Balaban J connectivity index is 2.78. The second-order valence-corrected chi connectivity index (χ2v) is 4.21. The van der Waals surface area contributed by atoms with Crippen molar-refractivity contribution in [3.8, 4) is 0 Å². The zero-order chi connectivity index (χ0) is 12.1. The highest BCUT2D eigenvalue weighted by atomic mass is 16.1. The second-order valence-electron chi connectivity index (χ2n) is 4.21. The summed E-state index contributed by atoms with van der Waals surface area (Å²) in [5, 5.41) is 2.90. The van der Waals surface area contributed by atoms with E-state index >= 15 is 0 Å². The largest absolute Gasteiger partial charge is 0.375 e. The van der Waals surface area contributed by atoms with Crippen LogP contribution in [0, 0.1) is 5.92 Å². The highest BCUT2D eigenvalue weighted by Crippen LogP contribution is 2.18. The maximum absolute atomic E-state index is 11.5. The molecular weight excluding hydrogens is 200 g/mol. The number of anilines is 2.